The zero-order chi connectivity index (χ0) is 11.9. The molecule has 0 aromatic carbocycles. The highest BCUT2D eigenvalue weighted by Gasteiger charge is 2.26. The first kappa shape index (κ1) is 13.1. The van der Waals surface area contributed by atoms with Crippen LogP contribution >= 0.6 is 0 Å². The molecule has 1 heterocycles. The van der Waals surface area contributed by atoms with E-state index in [1.165, 1.54) is 0 Å². The number of aromatic amines is 1. The van der Waals surface area contributed by atoms with Crippen LogP contribution in [0.5, 0.6) is 0 Å². The van der Waals surface area contributed by atoms with Crippen molar-refractivity contribution >= 4 is 0 Å². The second kappa shape index (κ2) is 6.55. The predicted molar refractivity (Wildman–Crippen MR) is 54.0 cm³/mol. The molecule has 0 unspecified atom stereocenters. The van der Waals surface area contributed by atoms with Crippen molar-refractivity contribution in [1.82, 2.24) is 10.3 Å². The first-order valence-electron chi connectivity index (χ1n) is 5.05. The first-order chi connectivity index (χ1) is 7.58. The number of aromatic nitrogens is 1. The van der Waals surface area contributed by atoms with Crippen LogP contribution in [0.4, 0.5) is 13.2 Å². The maximum Gasteiger partial charge on any atom is 0.411 e. The zero-order valence-corrected chi connectivity index (χ0v) is 8.81. The van der Waals surface area contributed by atoms with Crippen LogP contribution in [0.25, 0.3) is 0 Å². The van der Waals surface area contributed by atoms with Gasteiger partial charge in [0.15, 0.2) is 0 Å². The third-order valence-electron chi connectivity index (χ3n) is 1.90. The molecule has 16 heavy (non-hydrogen) atoms. The summed E-state index contributed by atoms with van der Waals surface area (Å²) in [5, 5.41) is 3.10. The highest BCUT2D eigenvalue weighted by Crippen LogP contribution is 2.14. The van der Waals surface area contributed by atoms with E-state index in [1.807, 2.05) is 18.5 Å². The summed E-state index contributed by atoms with van der Waals surface area (Å²) in [6.45, 7) is 0.316. The molecule has 2 N–H and O–H groups in total. The summed E-state index contributed by atoms with van der Waals surface area (Å²) in [6.07, 6.45) is 0.0374. The molecule has 0 aliphatic heterocycles. The Kier molecular flexibility index (Phi) is 5.34. The van der Waals surface area contributed by atoms with Gasteiger partial charge in [-0.15, -0.1) is 0 Å². The average Bonchev–Trinajstić information content (AvgIpc) is 2.67. The van der Waals surface area contributed by atoms with Crippen molar-refractivity contribution in [3.63, 3.8) is 0 Å². The van der Waals surface area contributed by atoms with Crippen LogP contribution in [0.1, 0.15) is 12.0 Å². The minimum atomic E-state index is -4.22. The van der Waals surface area contributed by atoms with Gasteiger partial charge < -0.3 is 15.0 Å². The fourth-order valence-corrected chi connectivity index (χ4v) is 1.19. The van der Waals surface area contributed by atoms with E-state index < -0.39 is 12.8 Å². The molecule has 1 aromatic heterocycles. The Labute approximate surface area is 92.0 Å². The van der Waals surface area contributed by atoms with Gasteiger partial charge >= 0.3 is 6.18 Å². The van der Waals surface area contributed by atoms with Crippen LogP contribution in [-0.4, -0.2) is 30.9 Å². The van der Waals surface area contributed by atoms with Gasteiger partial charge in [0.1, 0.15) is 6.61 Å². The SMILES string of the molecule is FC(F)(F)COCCCNCc1cc[nH]c1. The quantitative estimate of drug-likeness (QED) is 0.711. The van der Waals surface area contributed by atoms with E-state index in [9.17, 15) is 13.2 Å². The third-order valence-corrected chi connectivity index (χ3v) is 1.90. The standard InChI is InChI=1S/C10H15F3N2O/c11-10(12,13)8-16-5-1-3-14-6-9-2-4-15-7-9/h2,4,7,14-15H,1,3,5-6,8H2. The van der Waals surface area contributed by atoms with Crippen molar-refractivity contribution in [2.45, 2.75) is 19.1 Å². The molecule has 3 nitrogen and oxygen atoms in total. The van der Waals surface area contributed by atoms with Crippen LogP contribution in [-0.2, 0) is 11.3 Å². The number of halogens is 3. The van der Waals surface area contributed by atoms with E-state index in [0.29, 0.717) is 19.5 Å². The van der Waals surface area contributed by atoms with Gasteiger partial charge in [-0.2, -0.15) is 13.2 Å². The molecule has 1 rings (SSSR count). The Morgan fingerprint density at radius 1 is 1.38 bits per heavy atom. The van der Waals surface area contributed by atoms with Crippen molar-refractivity contribution in [3.05, 3.63) is 24.0 Å². The number of alkyl halides is 3. The maximum absolute atomic E-state index is 11.7. The van der Waals surface area contributed by atoms with Gasteiger partial charge in [-0.1, -0.05) is 0 Å². The lowest BCUT2D eigenvalue weighted by molar-refractivity contribution is -0.173. The van der Waals surface area contributed by atoms with Crippen molar-refractivity contribution in [2.24, 2.45) is 0 Å². The van der Waals surface area contributed by atoms with Gasteiger partial charge in [-0.25, -0.2) is 0 Å². The molecule has 0 amide bonds. The van der Waals surface area contributed by atoms with Gasteiger partial charge in [-0.05, 0) is 24.6 Å². The number of rotatable bonds is 7. The van der Waals surface area contributed by atoms with Crippen molar-refractivity contribution in [3.8, 4) is 0 Å². The minimum Gasteiger partial charge on any atom is -0.372 e. The van der Waals surface area contributed by atoms with Crippen LogP contribution in [0.2, 0.25) is 0 Å². The second-order valence-corrected chi connectivity index (χ2v) is 3.42. The lowest BCUT2D eigenvalue weighted by atomic mass is 10.3. The zero-order valence-electron chi connectivity index (χ0n) is 8.81. The molecule has 0 atom stereocenters. The summed E-state index contributed by atoms with van der Waals surface area (Å²) in [6, 6.07) is 1.94. The lowest BCUT2D eigenvalue weighted by Gasteiger charge is -2.07. The monoisotopic (exact) mass is 236 g/mol. The van der Waals surface area contributed by atoms with Gasteiger partial charge in [0, 0.05) is 25.5 Å². The van der Waals surface area contributed by atoms with Crippen molar-refractivity contribution in [1.29, 1.82) is 0 Å². The van der Waals surface area contributed by atoms with E-state index >= 15 is 0 Å². The first-order valence-corrected chi connectivity index (χ1v) is 5.05. The fourth-order valence-electron chi connectivity index (χ4n) is 1.19. The van der Waals surface area contributed by atoms with Crippen LogP contribution in [0.3, 0.4) is 0 Å². The van der Waals surface area contributed by atoms with E-state index in [0.717, 1.165) is 5.56 Å². The maximum atomic E-state index is 11.7. The van der Waals surface area contributed by atoms with Gasteiger partial charge in [0.2, 0.25) is 0 Å². The van der Waals surface area contributed by atoms with Crippen LogP contribution < -0.4 is 5.32 Å². The normalized spacial score (nSPS) is 11.9. The summed E-state index contributed by atoms with van der Waals surface area (Å²) in [4.78, 5) is 2.92. The molecule has 0 aliphatic carbocycles. The molecule has 0 saturated carbocycles. The number of nitrogens with one attached hydrogen (secondary N) is 2. The summed E-state index contributed by atoms with van der Waals surface area (Å²) in [5.74, 6) is 0. The predicted octanol–water partition coefficient (Wildman–Crippen LogP) is 2.07. The number of hydrogen-bond acceptors (Lipinski definition) is 2. The Morgan fingerprint density at radius 2 is 2.19 bits per heavy atom. The molecule has 6 heteroatoms. The van der Waals surface area contributed by atoms with Gasteiger partial charge in [0.05, 0.1) is 0 Å². The smallest absolute Gasteiger partial charge is 0.372 e. The summed E-state index contributed by atoms with van der Waals surface area (Å²) < 4.78 is 39.5. The highest BCUT2D eigenvalue weighted by atomic mass is 19.4. The number of H-pyrrole nitrogens is 1. The lowest BCUT2D eigenvalue weighted by Crippen LogP contribution is -2.20. The molecule has 0 aliphatic rings. The third kappa shape index (κ3) is 6.47. The van der Waals surface area contributed by atoms with Crippen molar-refractivity contribution in [2.75, 3.05) is 19.8 Å². The topological polar surface area (TPSA) is 37.0 Å². The fraction of sp³-hybridized carbons (Fsp3) is 0.600. The van der Waals surface area contributed by atoms with Gasteiger partial charge in [-0.3, -0.25) is 0 Å². The Morgan fingerprint density at radius 3 is 2.81 bits per heavy atom. The summed E-state index contributed by atoms with van der Waals surface area (Å²) in [7, 11) is 0. The minimum absolute atomic E-state index is 0.125. The Balaban J connectivity index is 1.89. The number of hydrogen-bond donors (Lipinski definition) is 2. The van der Waals surface area contributed by atoms with E-state index in [2.05, 4.69) is 15.0 Å². The molecule has 0 spiro atoms. The molecule has 1 aromatic rings. The van der Waals surface area contributed by atoms with Gasteiger partial charge in [0.25, 0.3) is 0 Å². The molecule has 92 valence electrons. The molecular formula is C10H15F3N2O. The van der Waals surface area contributed by atoms with Crippen LogP contribution in [0, 0.1) is 0 Å². The summed E-state index contributed by atoms with van der Waals surface area (Å²) >= 11 is 0. The summed E-state index contributed by atoms with van der Waals surface area (Å²) in [5.41, 5.74) is 1.12. The molecule has 0 bridgehead atoms. The molecule has 0 saturated heterocycles. The molecule has 0 fully saturated rings. The number of ether oxygens (including phenoxy) is 1. The van der Waals surface area contributed by atoms with Crippen LogP contribution in [0.15, 0.2) is 18.5 Å². The average molecular weight is 236 g/mol. The second-order valence-electron chi connectivity index (χ2n) is 3.42. The van der Waals surface area contributed by atoms with E-state index in [4.69, 9.17) is 0 Å². The largest absolute Gasteiger partial charge is 0.411 e. The molecule has 0 radical (unpaired) electrons. The Bertz CT molecular complexity index is 272. The molecular weight excluding hydrogens is 221 g/mol. The highest BCUT2D eigenvalue weighted by molar-refractivity contribution is 5.07. The van der Waals surface area contributed by atoms with E-state index in [-0.39, 0.29) is 6.61 Å². The van der Waals surface area contributed by atoms with Crippen molar-refractivity contribution < 1.29 is 17.9 Å². The Hall–Kier alpha value is -1.01. The van der Waals surface area contributed by atoms with E-state index in [1.54, 1.807) is 0 Å².